The first kappa shape index (κ1) is 13.2. The van der Waals surface area contributed by atoms with Gasteiger partial charge >= 0.3 is 11.9 Å². The maximum Gasteiger partial charge on any atom is 0.335 e. The second-order valence-electron chi connectivity index (χ2n) is 3.50. The van der Waals surface area contributed by atoms with Gasteiger partial charge in [-0.25, -0.2) is 4.79 Å². The molecular formula is C12H15NO4. The molecule has 0 saturated carbocycles. The lowest BCUT2D eigenvalue weighted by Gasteiger charge is -2.06. The highest BCUT2D eigenvalue weighted by atomic mass is 16.5. The summed E-state index contributed by atoms with van der Waals surface area (Å²) in [5.41, 5.74) is 5.85. The number of carbonyl (C=O) groups is 2. The zero-order valence-electron chi connectivity index (χ0n) is 9.39. The fourth-order valence-corrected chi connectivity index (χ4v) is 1.36. The predicted molar refractivity (Wildman–Crippen MR) is 61.7 cm³/mol. The lowest BCUT2D eigenvalue weighted by atomic mass is 10.1. The minimum Gasteiger partial charge on any atom is -0.478 e. The Kier molecular flexibility index (Phi) is 5.16. The molecule has 0 unspecified atom stereocenters. The van der Waals surface area contributed by atoms with Crippen LogP contribution in [0, 0.1) is 0 Å². The predicted octanol–water partition coefficient (Wildman–Crippen LogP) is 0.819. The van der Waals surface area contributed by atoms with Gasteiger partial charge < -0.3 is 15.6 Å². The molecule has 0 aliphatic rings. The van der Waals surface area contributed by atoms with E-state index in [-0.39, 0.29) is 18.6 Å². The number of carbonyl (C=O) groups excluding carboxylic acids is 1. The van der Waals surface area contributed by atoms with Crippen molar-refractivity contribution in [2.75, 3.05) is 13.2 Å². The average Bonchev–Trinajstić information content (AvgIpc) is 2.29. The van der Waals surface area contributed by atoms with Crippen LogP contribution in [0.2, 0.25) is 0 Å². The SMILES string of the molecule is NCCCOC(=O)Cc1ccccc1C(=O)O. The van der Waals surface area contributed by atoms with Crippen molar-refractivity contribution < 1.29 is 19.4 Å². The number of hydrogen-bond acceptors (Lipinski definition) is 4. The number of esters is 1. The molecule has 0 heterocycles. The Hall–Kier alpha value is -1.88. The molecule has 0 amide bonds. The normalized spacial score (nSPS) is 9.94. The molecule has 0 fully saturated rings. The van der Waals surface area contributed by atoms with Crippen molar-refractivity contribution in [2.24, 2.45) is 5.73 Å². The summed E-state index contributed by atoms with van der Waals surface area (Å²) in [5.74, 6) is -1.48. The number of carboxylic acids is 1. The number of nitrogens with two attached hydrogens (primary N) is 1. The Morgan fingerprint density at radius 2 is 2.00 bits per heavy atom. The van der Waals surface area contributed by atoms with Crippen LogP contribution in [0.3, 0.4) is 0 Å². The Balaban J connectivity index is 2.61. The average molecular weight is 237 g/mol. The molecule has 17 heavy (non-hydrogen) atoms. The summed E-state index contributed by atoms with van der Waals surface area (Å²) >= 11 is 0. The van der Waals surface area contributed by atoms with Crippen LogP contribution in [-0.4, -0.2) is 30.2 Å². The van der Waals surface area contributed by atoms with Gasteiger partial charge in [-0.3, -0.25) is 4.79 Å². The van der Waals surface area contributed by atoms with E-state index in [1.807, 2.05) is 0 Å². The van der Waals surface area contributed by atoms with E-state index in [4.69, 9.17) is 15.6 Å². The van der Waals surface area contributed by atoms with Gasteiger partial charge in [-0.2, -0.15) is 0 Å². The first-order valence-corrected chi connectivity index (χ1v) is 5.32. The minimum absolute atomic E-state index is 0.0347. The molecule has 0 aliphatic carbocycles. The van der Waals surface area contributed by atoms with Crippen molar-refractivity contribution >= 4 is 11.9 Å². The van der Waals surface area contributed by atoms with Crippen LogP contribution in [0.5, 0.6) is 0 Å². The summed E-state index contributed by atoms with van der Waals surface area (Å²) in [6.45, 7) is 0.726. The third-order valence-corrected chi connectivity index (χ3v) is 2.19. The van der Waals surface area contributed by atoms with Gasteiger partial charge in [0.1, 0.15) is 0 Å². The van der Waals surface area contributed by atoms with Crippen molar-refractivity contribution in [3.05, 3.63) is 35.4 Å². The zero-order chi connectivity index (χ0) is 12.7. The van der Waals surface area contributed by atoms with Crippen molar-refractivity contribution in [1.82, 2.24) is 0 Å². The minimum atomic E-state index is -1.05. The maximum atomic E-state index is 11.4. The molecule has 0 aliphatic heterocycles. The molecular weight excluding hydrogens is 222 g/mol. The Morgan fingerprint density at radius 1 is 1.29 bits per heavy atom. The highest BCUT2D eigenvalue weighted by Crippen LogP contribution is 2.10. The van der Waals surface area contributed by atoms with Crippen LogP contribution in [0.15, 0.2) is 24.3 Å². The Morgan fingerprint density at radius 3 is 2.65 bits per heavy atom. The number of ether oxygens (including phenoxy) is 1. The summed E-state index contributed by atoms with van der Waals surface area (Å²) in [4.78, 5) is 22.3. The maximum absolute atomic E-state index is 11.4. The fourth-order valence-electron chi connectivity index (χ4n) is 1.36. The highest BCUT2D eigenvalue weighted by Gasteiger charge is 2.12. The van der Waals surface area contributed by atoms with E-state index in [1.54, 1.807) is 18.2 Å². The smallest absolute Gasteiger partial charge is 0.335 e. The molecule has 0 saturated heterocycles. The van der Waals surface area contributed by atoms with E-state index in [1.165, 1.54) is 6.07 Å². The van der Waals surface area contributed by atoms with Gasteiger partial charge in [0.15, 0.2) is 0 Å². The van der Waals surface area contributed by atoms with Crippen LogP contribution in [0.25, 0.3) is 0 Å². The van der Waals surface area contributed by atoms with Crippen molar-refractivity contribution in [3.8, 4) is 0 Å². The van der Waals surface area contributed by atoms with Gasteiger partial charge in [0, 0.05) is 0 Å². The lowest BCUT2D eigenvalue weighted by Crippen LogP contribution is -2.13. The summed E-state index contributed by atoms with van der Waals surface area (Å²) in [6.07, 6.45) is 0.569. The van der Waals surface area contributed by atoms with E-state index in [2.05, 4.69) is 0 Å². The molecule has 5 nitrogen and oxygen atoms in total. The first-order chi connectivity index (χ1) is 8.15. The number of hydrogen-bond donors (Lipinski definition) is 2. The molecule has 5 heteroatoms. The second-order valence-corrected chi connectivity index (χ2v) is 3.50. The van der Waals surface area contributed by atoms with Crippen molar-refractivity contribution in [2.45, 2.75) is 12.8 Å². The van der Waals surface area contributed by atoms with Crippen LogP contribution in [0.1, 0.15) is 22.3 Å². The van der Waals surface area contributed by atoms with E-state index in [0.29, 0.717) is 18.5 Å². The van der Waals surface area contributed by atoms with Crippen LogP contribution < -0.4 is 5.73 Å². The number of aromatic carboxylic acids is 1. The summed E-state index contributed by atoms with van der Waals surface area (Å²) < 4.78 is 4.91. The molecule has 0 bridgehead atoms. The van der Waals surface area contributed by atoms with E-state index < -0.39 is 11.9 Å². The molecule has 92 valence electrons. The van der Waals surface area contributed by atoms with E-state index in [0.717, 1.165) is 0 Å². The van der Waals surface area contributed by atoms with Gasteiger partial charge in [0.25, 0.3) is 0 Å². The monoisotopic (exact) mass is 237 g/mol. The number of rotatable bonds is 6. The quantitative estimate of drug-likeness (QED) is 0.564. The lowest BCUT2D eigenvalue weighted by molar-refractivity contribution is -0.142. The third-order valence-electron chi connectivity index (χ3n) is 2.19. The highest BCUT2D eigenvalue weighted by molar-refractivity contribution is 5.91. The number of carboxylic acid groups (broad SMARTS) is 1. The molecule has 0 atom stereocenters. The molecule has 1 aromatic carbocycles. The van der Waals surface area contributed by atoms with Gasteiger partial charge in [-0.05, 0) is 24.6 Å². The van der Waals surface area contributed by atoms with Crippen molar-refractivity contribution in [1.29, 1.82) is 0 Å². The van der Waals surface area contributed by atoms with E-state index >= 15 is 0 Å². The molecule has 1 aromatic rings. The summed E-state index contributed by atoms with van der Waals surface area (Å²) in [6, 6.07) is 6.38. The molecule has 0 aromatic heterocycles. The van der Waals surface area contributed by atoms with Crippen LogP contribution in [-0.2, 0) is 16.0 Å². The summed E-state index contributed by atoms with van der Waals surface area (Å²) in [5, 5.41) is 8.92. The zero-order valence-corrected chi connectivity index (χ0v) is 9.39. The Labute approximate surface area is 99.2 Å². The fraction of sp³-hybridized carbons (Fsp3) is 0.333. The first-order valence-electron chi connectivity index (χ1n) is 5.32. The topological polar surface area (TPSA) is 89.6 Å². The second kappa shape index (κ2) is 6.65. The van der Waals surface area contributed by atoms with Crippen LogP contribution in [0.4, 0.5) is 0 Å². The third kappa shape index (κ3) is 4.24. The standard InChI is InChI=1S/C12H15NO4/c13-6-3-7-17-11(14)8-9-4-1-2-5-10(9)12(15)16/h1-2,4-5H,3,6-8,13H2,(H,15,16). The molecule has 0 radical (unpaired) electrons. The van der Waals surface area contributed by atoms with E-state index in [9.17, 15) is 9.59 Å². The Bertz CT molecular complexity index is 403. The van der Waals surface area contributed by atoms with Crippen LogP contribution >= 0.6 is 0 Å². The number of benzene rings is 1. The summed E-state index contributed by atoms with van der Waals surface area (Å²) in [7, 11) is 0. The largest absolute Gasteiger partial charge is 0.478 e. The van der Waals surface area contributed by atoms with Crippen molar-refractivity contribution in [3.63, 3.8) is 0 Å². The van der Waals surface area contributed by atoms with Gasteiger partial charge in [0.05, 0.1) is 18.6 Å². The van der Waals surface area contributed by atoms with Gasteiger partial charge in [0.2, 0.25) is 0 Å². The molecule has 0 spiro atoms. The van der Waals surface area contributed by atoms with Gasteiger partial charge in [-0.15, -0.1) is 0 Å². The van der Waals surface area contributed by atoms with Gasteiger partial charge in [-0.1, -0.05) is 18.2 Å². The molecule has 1 rings (SSSR count). The molecule has 3 N–H and O–H groups in total.